The number of nitrogen functional groups attached to an aromatic ring is 1. The summed E-state index contributed by atoms with van der Waals surface area (Å²) in [7, 11) is 2.03. The number of benzene rings is 1. The van der Waals surface area contributed by atoms with Gasteiger partial charge in [0.2, 0.25) is 11.9 Å². The van der Waals surface area contributed by atoms with Gasteiger partial charge in [-0.3, -0.25) is 0 Å². The predicted octanol–water partition coefficient (Wildman–Crippen LogP) is 3.88. The fourth-order valence-electron chi connectivity index (χ4n) is 4.17. The van der Waals surface area contributed by atoms with E-state index in [4.69, 9.17) is 17.3 Å². The molecule has 0 bridgehead atoms. The molecule has 1 aliphatic rings. The van der Waals surface area contributed by atoms with Crippen molar-refractivity contribution in [3.05, 3.63) is 29.2 Å². The molecule has 1 aromatic carbocycles. The van der Waals surface area contributed by atoms with E-state index in [0.717, 1.165) is 38.4 Å². The largest absolute Gasteiger partial charge is 0.368 e. The van der Waals surface area contributed by atoms with E-state index in [1.54, 1.807) is 0 Å². The summed E-state index contributed by atoms with van der Waals surface area (Å²) in [5.41, 5.74) is 7.73. The number of anilines is 2. The van der Waals surface area contributed by atoms with Crippen LogP contribution in [0.3, 0.4) is 0 Å². The second-order valence-electron chi connectivity index (χ2n) is 8.20. The van der Waals surface area contributed by atoms with Gasteiger partial charge in [-0.15, -0.1) is 0 Å². The van der Waals surface area contributed by atoms with Crippen LogP contribution in [0.15, 0.2) is 18.3 Å². The number of piperidine rings is 1. The van der Waals surface area contributed by atoms with E-state index in [-0.39, 0.29) is 12.0 Å². The predicted molar refractivity (Wildman–Crippen MR) is 119 cm³/mol. The summed E-state index contributed by atoms with van der Waals surface area (Å²) in [6.07, 6.45) is 3.70. The Morgan fingerprint density at radius 2 is 2.03 bits per heavy atom. The van der Waals surface area contributed by atoms with Crippen molar-refractivity contribution in [3.8, 4) is 11.3 Å². The van der Waals surface area contributed by atoms with Gasteiger partial charge >= 0.3 is 0 Å². The summed E-state index contributed by atoms with van der Waals surface area (Å²) in [6.45, 7) is 7.12. The van der Waals surface area contributed by atoms with E-state index in [0.29, 0.717) is 33.2 Å². The van der Waals surface area contributed by atoms with Crippen LogP contribution in [0.5, 0.6) is 0 Å². The Morgan fingerprint density at radius 3 is 2.73 bits per heavy atom. The second-order valence-corrected chi connectivity index (χ2v) is 8.61. The Balaban J connectivity index is 1.80. The van der Waals surface area contributed by atoms with Gasteiger partial charge in [0, 0.05) is 25.2 Å². The molecule has 160 valence electrons. The second kappa shape index (κ2) is 8.35. The Kier molecular flexibility index (Phi) is 5.79. The van der Waals surface area contributed by atoms with Gasteiger partial charge in [-0.25, -0.2) is 19.3 Å². The van der Waals surface area contributed by atoms with Crippen molar-refractivity contribution in [1.29, 1.82) is 0 Å². The minimum absolute atomic E-state index is 0.0923. The number of rotatable bonds is 5. The lowest BCUT2D eigenvalue weighted by Gasteiger charge is -2.29. The Bertz CT molecular complexity index is 1060. The molecule has 0 amide bonds. The molecule has 1 fully saturated rings. The molecule has 1 saturated heterocycles. The third-order valence-electron chi connectivity index (χ3n) is 5.61. The highest BCUT2D eigenvalue weighted by molar-refractivity contribution is 6.33. The van der Waals surface area contributed by atoms with Crippen LogP contribution in [-0.4, -0.2) is 46.2 Å². The first-order valence-electron chi connectivity index (χ1n) is 10.3. The highest BCUT2D eigenvalue weighted by Gasteiger charge is 2.23. The number of hydrogen-bond donors (Lipinski definition) is 2. The quantitative estimate of drug-likeness (QED) is 0.637. The van der Waals surface area contributed by atoms with Gasteiger partial charge in [-0.1, -0.05) is 11.6 Å². The molecule has 0 aliphatic carbocycles. The molecule has 3 heterocycles. The molecule has 0 radical (unpaired) electrons. The molecule has 0 unspecified atom stereocenters. The van der Waals surface area contributed by atoms with E-state index in [1.165, 1.54) is 12.3 Å². The molecule has 0 saturated carbocycles. The number of nitrogens with zero attached hydrogens (tertiary/aromatic N) is 5. The molecule has 1 aliphatic heterocycles. The summed E-state index contributed by atoms with van der Waals surface area (Å²) < 4.78 is 17.2. The van der Waals surface area contributed by atoms with Crippen LogP contribution in [0.4, 0.5) is 16.3 Å². The third kappa shape index (κ3) is 3.94. The smallest absolute Gasteiger partial charge is 0.220 e. The van der Waals surface area contributed by atoms with Gasteiger partial charge in [0.05, 0.1) is 22.4 Å². The molecule has 0 spiro atoms. The monoisotopic (exact) mass is 431 g/mol. The van der Waals surface area contributed by atoms with Gasteiger partial charge in [-0.05, 0) is 57.8 Å². The maximum absolute atomic E-state index is 15.1. The van der Waals surface area contributed by atoms with Gasteiger partial charge in [0.25, 0.3) is 0 Å². The highest BCUT2D eigenvalue weighted by atomic mass is 35.5. The average Bonchev–Trinajstić information content (AvgIpc) is 3.11. The highest BCUT2D eigenvalue weighted by Crippen LogP contribution is 2.34. The average molecular weight is 432 g/mol. The van der Waals surface area contributed by atoms with Crippen LogP contribution in [0, 0.1) is 11.7 Å². The lowest BCUT2D eigenvalue weighted by molar-refractivity contribution is 0.375. The Hall–Kier alpha value is -2.45. The fraction of sp³-hybridized carbons (Fsp3) is 0.476. The standard InChI is InChI=1S/C21H27ClFN7/c1-12(2)30-17-9-14(18-15(22)10-26-20(24)27-18)8-16(23)19(17)28-21(30)29(3)11-13-4-6-25-7-5-13/h8-10,12-13,25H,4-7,11H2,1-3H3,(H2,24,26,27). The number of nitrogens with two attached hydrogens (primary N) is 1. The SMILES string of the molecule is CC(C)n1c(N(C)CC2CCNCC2)nc2c(F)cc(-c3nc(N)ncc3Cl)cc21. The molecule has 7 nitrogen and oxygen atoms in total. The van der Waals surface area contributed by atoms with Crippen molar-refractivity contribution in [2.75, 3.05) is 37.3 Å². The summed E-state index contributed by atoms with van der Waals surface area (Å²) in [6, 6.07) is 3.38. The molecule has 30 heavy (non-hydrogen) atoms. The molecule has 2 aromatic heterocycles. The van der Waals surface area contributed by atoms with Crippen LogP contribution < -0.4 is 16.0 Å². The number of hydrogen-bond acceptors (Lipinski definition) is 6. The van der Waals surface area contributed by atoms with Gasteiger partial charge in [0.1, 0.15) is 5.52 Å². The molecular weight excluding hydrogens is 405 g/mol. The molecule has 4 rings (SSSR count). The number of fused-ring (bicyclic) bond motifs is 1. The minimum atomic E-state index is -0.410. The minimum Gasteiger partial charge on any atom is -0.368 e. The lowest BCUT2D eigenvalue weighted by atomic mass is 9.98. The first-order valence-corrected chi connectivity index (χ1v) is 10.6. The van der Waals surface area contributed by atoms with E-state index >= 15 is 4.39 Å². The molecule has 3 N–H and O–H groups in total. The van der Waals surface area contributed by atoms with Crippen molar-refractivity contribution < 1.29 is 4.39 Å². The van der Waals surface area contributed by atoms with Gasteiger partial charge < -0.3 is 20.5 Å². The fourth-order valence-corrected chi connectivity index (χ4v) is 4.37. The number of imidazole rings is 1. The third-order valence-corrected chi connectivity index (χ3v) is 5.89. The zero-order valence-electron chi connectivity index (χ0n) is 17.5. The van der Waals surface area contributed by atoms with Crippen molar-refractivity contribution >= 4 is 34.5 Å². The summed E-state index contributed by atoms with van der Waals surface area (Å²) >= 11 is 6.26. The van der Waals surface area contributed by atoms with Crippen molar-refractivity contribution in [3.63, 3.8) is 0 Å². The maximum atomic E-state index is 15.1. The molecule has 9 heteroatoms. The Labute approximate surface area is 180 Å². The van der Waals surface area contributed by atoms with Crippen LogP contribution in [0.25, 0.3) is 22.3 Å². The van der Waals surface area contributed by atoms with E-state index in [1.807, 2.05) is 13.1 Å². The topological polar surface area (TPSA) is 84.9 Å². The zero-order chi connectivity index (χ0) is 21.4. The first kappa shape index (κ1) is 20.8. The van der Waals surface area contributed by atoms with E-state index in [2.05, 4.69) is 43.6 Å². The van der Waals surface area contributed by atoms with Crippen molar-refractivity contribution in [2.45, 2.75) is 32.7 Å². The number of aromatic nitrogens is 4. The van der Waals surface area contributed by atoms with Crippen LogP contribution >= 0.6 is 11.6 Å². The van der Waals surface area contributed by atoms with Crippen molar-refractivity contribution in [1.82, 2.24) is 24.8 Å². The molecule has 0 atom stereocenters. The lowest BCUT2D eigenvalue weighted by Crippen LogP contribution is -2.35. The Morgan fingerprint density at radius 1 is 1.30 bits per heavy atom. The molecule has 3 aromatic rings. The normalized spacial score (nSPS) is 15.3. The van der Waals surface area contributed by atoms with Crippen molar-refractivity contribution in [2.24, 2.45) is 5.92 Å². The maximum Gasteiger partial charge on any atom is 0.220 e. The summed E-state index contributed by atoms with van der Waals surface area (Å²) in [5.74, 6) is 1.05. The molecular formula is C21H27ClFN7. The van der Waals surface area contributed by atoms with Crippen LogP contribution in [0.2, 0.25) is 5.02 Å². The van der Waals surface area contributed by atoms with E-state index in [9.17, 15) is 0 Å². The van der Waals surface area contributed by atoms with Crippen LogP contribution in [-0.2, 0) is 0 Å². The van der Waals surface area contributed by atoms with Crippen LogP contribution in [0.1, 0.15) is 32.7 Å². The van der Waals surface area contributed by atoms with Gasteiger partial charge in [0.15, 0.2) is 5.82 Å². The van der Waals surface area contributed by atoms with E-state index < -0.39 is 5.82 Å². The number of nitrogens with one attached hydrogen (secondary N) is 1. The summed E-state index contributed by atoms with van der Waals surface area (Å²) in [4.78, 5) is 14.9. The zero-order valence-corrected chi connectivity index (χ0v) is 18.2. The van der Waals surface area contributed by atoms with Gasteiger partial charge in [-0.2, -0.15) is 0 Å². The number of halogens is 2. The first-order chi connectivity index (χ1) is 14.3. The summed E-state index contributed by atoms with van der Waals surface area (Å²) in [5, 5.41) is 3.72.